The summed E-state index contributed by atoms with van der Waals surface area (Å²) in [6, 6.07) is 7.05. The first kappa shape index (κ1) is 15.3. The Balaban J connectivity index is 1.84. The minimum Gasteiger partial charge on any atom is -0.399 e. The van der Waals surface area contributed by atoms with E-state index in [0.717, 1.165) is 12.8 Å². The van der Waals surface area contributed by atoms with Gasteiger partial charge in [0.2, 0.25) is 5.91 Å². The zero-order chi connectivity index (χ0) is 15.2. The largest absolute Gasteiger partial charge is 0.399 e. The summed E-state index contributed by atoms with van der Waals surface area (Å²) in [7, 11) is 1.49. The minimum atomic E-state index is -0.110. The third kappa shape index (κ3) is 4.19. The number of rotatable bonds is 4. The Morgan fingerprint density at radius 2 is 1.90 bits per heavy atom. The van der Waals surface area contributed by atoms with Gasteiger partial charge in [0.25, 0.3) is 5.91 Å². The maximum atomic E-state index is 12.3. The highest BCUT2D eigenvalue weighted by atomic mass is 16.5. The molecule has 0 saturated carbocycles. The molecule has 0 spiro atoms. The Bertz CT molecular complexity index is 493. The molecule has 6 heteroatoms. The van der Waals surface area contributed by atoms with E-state index in [-0.39, 0.29) is 24.5 Å². The average molecular weight is 291 g/mol. The number of likely N-dealkylation sites (tertiary alicyclic amines) is 1. The van der Waals surface area contributed by atoms with E-state index < -0.39 is 0 Å². The molecule has 2 amide bonds. The first-order valence-electron chi connectivity index (χ1n) is 7.03. The number of nitrogen functional groups attached to an aromatic ring is 1. The predicted octanol–water partition coefficient (Wildman–Crippen LogP) is 0.636. The van der Waals surface area contributed by atoms with Gasteiger partial charge in [-0.15, -0.1) is 0 Å². The molecule has 1 aliphatic heterocycles. The molecule has 3 N–H and O–H groups in total. The van der Waals surface area contributed by atoms with Crippen LogP contribution in [0.1, 0.15) is 23.2 Å². The monoisotopic (exact) mass is 291 g/mol. The number of piperidine rings is 1. The van der Waals surface area contributed by atoms with Gasteiger partial charge in [0.1, 0.15) is 6.61 Å². The van der Waals surface area contributed by atoms with Gasteiger partial charge in [-0.25, -0.2) is 0 Å². The fourth-order valence-corrected chi connectivity index (χ4v) is 2.44. The second-order valence-corrected chi connectivity index (χ2v) is 5.19. The molecule has 0 unspecified atom stereocenters. The molecular weight excluding hydrogens is 270 g/mol. The number of methoxy groups -OCH3 is 1. The van der Waals surface area contributed by atoms with Crippen molar-refractivity contribution in [1.82, 2.24) is 10.2 Å². The minimum absolute atomic E-state index is 0.0108. The number of benzene rings is 1. The summed E-state index contributed by atoms with van der Waals surface area (Å²) in [5.74, 6) is -0.0996. The standard InChI is InChI=1S/C15H21N3O3/c1-21-10-14(19)17-13-6-8-18(9-7-13)15(20)11-2-4-12(16)5-3-11/h2-5,13H,6-10,16H2,1H3,(H,17,19). The molecule has 1 aromatic rings. The smallest absolute Gasteiger partial charge is 0.253 e. The van der Waals surface area contributed by atoms with Crippen LogP contribution in [0, 0.1) is 0 Å². The van der Waals surface area contributed by atoms with Crippen LogP contribution in [0.3, 0.4) is 0 Å². The molecule has 0 aromatic heterocycles. The lowest BCUT2D eigenvalue weighted by atomic mass is 10.0. The van der Waals surface area contributed by atoms with Gasteiger partial charge in [-0.05, 0) is 37.1 Å². The zero-order valence-corrected chi connectivity index (χ0v) is 12.2. The van der Waals surface area contributed by atoms with Gasteiger partial charge in [-0.1, -0.05) is 0 Å². The third-order valence-corrected chi connectivity index (χ3v) is 3.58. The maximum absolute atomic E-state index is 12.3. The highest BCUT2D eigenvalue weighted by Crippen LogP contribution is 2.15. The highest BCUT2D eigenvalue weighted by molar-refractivity contribution is 5.94. The number of nitrogens with two attached hydrogens (primary N) is 1. The van der Waals surface area contributed by atoms with E-state index in [1.54, 1.807) is 24.3 Å². The Labute approximate surface area is 124 Å². The molecule has 1 aromatic carbocycles. The second kappa shape index (κ2) is 7.08. The van der Waals surface area contributed by atoms with Crippen LogP contribution in [0.4, 0.5) is 5.69 Å². The first-order valence-corrected chi connectivity index (χ1v) is 7.03. The van der Waals surface area contributed by atoms with Crippen molar-refractivity contribution in [1.29, 1.82) is 0 Å². The quantitative estimate of drug-likeness (QED) is 0.797. The molecule has 6 nitrogen and oxygen atoms in total. The number of carbonyl (C=O) groups is 2. The summed E-state index contributed by atoms with van der Waals surface area (Å²) in [4.78, 5) is 25.6. The van der Waals surface area contributed by atoms with Crippen LogP contribution in [-0.2, 0) is 9.53 Å². The SMILES string of the molecule is COCC(=O)NC1CCN(C(=O)c2ccc(N)cc2)CC1. The number of amides is 2. The molecule has 0 radical (unpaired) electrons. The topological polar surface area (TPSA) is 84.7 Å². The van der Waals surface area contributed by atoms with Crippen LogP contribution in [0.5, 0.6) is 0 Å². The van der Waals surface area contributed by atoms with E-state index in [9.17, 15) is 9.59 Å². The molecule has 2 rings (SSSR count). The molecule has 0 bridgehead atoms. The van der Waals surface area contributed by atoms with Crippen molar-refractivity contribution in [2.45, 2.75) is 18.9 Å². The van der Waals surface area contributed by atoms with Gasteiger partial charge in [-0.3, -0.25) is 9.59 Å². The van der Waals surface area contributed by atoms with Crippen LogP contribution in [0.15, 0.2) is 24.3 Å². The number of carbonyl (C=O) groups excluding carboxylic acids is 2. The van der Waals surface area contributed by atoms with Crippen molar-refractivity contribution in [3.05, 3.63) is 29.8 Å². The summed E-state index contributed by atoms with van der Waals surface area (Å²) in [6.07, 6.45) is 1.52. The lowest BCUT2D eigenvalue weighted by molar-refractivity contribution is -0.125. The number of hydrogen-bond donors (Lipinski definition) is 2. The third-order valence-electron chi connectivity index (χ3n) is 3.58. The summed E-state index contributed by atoms with van der Waals surface area (Å²) < 4.78 is 4.79. The van der Waals surface area contributed by atoms with Crippen molar-refractivity contribution in [2.24, 2.45) is 0 Å². The first-order chi connectivity index (χ1) is 10.1. The van der Waals surface area contributed by atoms with Crippen LogP contribution in [0.2, 0.25) is 0 Å². The second-order valence-electron chi connectivity index (χ2n) is 5.19. The summed E-state index contributed by atoms with van der Waals surface area (Å²) >= 11 is 0. The van der Waals surface area contributed by atoms with E-state index in [2.05, 4.69) is 5.32 Å². The van der Waals surface area contributed by atoms with Gasteiger partial charge < -0.3 is 20.7 Å². The Morgan fingerprint density at radius 3 is 2.48 bits per heavy atom. The zero-order valence-electron chi connectivity index (χ0n) is 12.2. The van der Waals surface area contributed by atoms with Crippen LogP contribution < -0.4 is 11.1 Å². The lowest BCUT2D eigenvalue weighted by Gasteiger charge is -2.32. The van der Waals surface area contributed by atoms with Crippen molar-refractivity contribution < 1.29 is 14.3 Å². The van der Waals surface area contributed by atoms with Crippen molar-refractivity contribution in [3.63, 3.8) is 0 Å². The van der Waals surface area contributed by atoms with Gasteiger partial charge in [-0.2, -0.15) is 0 Å². The van der Waals surface area contributed by atoms with E-state index in [4.69, 9.17) is 10.5 Å². The van der Waals surface area contributed by atoms with E-state index >= 15 is 0 Å². The van der Waals surface area contributed by atoms with Gasteiger partial charge in [0.05, 0.1) is 0 Å². The molecule has 114 valence electrons. The van der Waals surface area contributed by atoms with Gasteiger partial charge in [0.15, 0.2) is 0 Å². The summed E-state index contributed by atoms with van der Waals surface area (Å²) in [6.45, 7) is 1.35. The summed E-state index contributed by atoms with van der Waals surface area (Å²) in [5.41, 5.74) is 6.91. The fraction of sp³-hybridized carbons (Fsp3) is 0.467. The van der Waals surface area contributed by atoms with Crippen LogP contribution in [0.25, 0.3) is 0 Å². The molecular formula is C15H21N3O3. The van der Waals surface area contributed by atoms with Crippen LogP contribution in [-0.4, -0.2) is 49.6 Å². The summed E-state index contributed by atoms with van der Waals surface area (Å²) in [5, 5.41) is 2.91. The fourth-order valence-electron chi connectivity index (χ4n) is 2.44. The normalized spacial score (nSPS) is 15.8. The molecule has 0 atom stereocenters. The van der Waals surface area contributed by atoms with Crippen molar-refractivity contribution in [3.8, 4) is 0 Å². The van der Waals surface area contributed by atoms with E-state index in [0.29, 0.717) is 24.3 Å². The number of hydrogen-bond acceptors (Lipinski definition) is 4. The highest BCUT2D eigenvalue weighted by Gasteiger charge is 2.24. The predicted molar refractivity (Wildman–Crippen MR) is 79.8 cm³/mol. The molecule has 0 aliphatic carbocycles. The molecule has 1 saturated heterocycles. The molecule has 1 aliphatic rings. The molecule has 1 heterocycles. The number of nitrogens with zero attached hydrogens (tertiary/aromatic N) is 1. The van der Waals surface area contributed by atoms with Crippen molar-refractivity contribution >= 4 is 17.5 Å². The van der Waals surface area contributed by atoms with Crippen LogP contribution >= 0.6 is 0 Å². The van der Waals surface area contributed by atoms with Gasteiger partial charge >= 0.3 is 0 Å². The molecule has 1 fully saturated rings. The lowest BCUT2D eigenvalue weighted by Crippen LogP contribution is -2.47. The Kier molecular flexibility index (Phi) is 5.16. The maximum Gasteiger partial charge on any atom is 0.253 e. The Morgan fingerprint density at radius 1 is 1.29 bits per heavy atom. The number of nitrogens with one attached hydrogen (secondary N) is 1. The average Bonchev–Trinajstić information content (AvgIpc) is 2.48. The van der Waals surface area contributed by atoms with Crippen molar-refractivity contribution in [2.75, 3.05) is 32.5 Å². The number of ether oxygens (including phenoxy) is 1. The Hall–Kier alpha value is -2.08. The molecule has 21 heavy (non-hydrogen) atoms. The van der Waals surface area contributed by atoms with E-state index in [1.165, 1.54) is 7.11 Å². The van der Waals surface area contributed by atoms with E-state index in [1.807, 2.05) is 4.90 Å². The number of anilines is 1. The van der Waals surface area contributed by atoms with Gasteiger partial charge in [0, 0.05) is 37.5 Å².